The summed E-state index contributed by atoms with van der Waals surface area (Å²) in [7, 11) is 0. The van der Waals surface area contributed by atoms with E-state index in [0.717, 1.165) is 35.6 Å². The maximum Gasteiger partial charge on any atom is 0.111 e. The summed E-state index contributed by atoms with van der Waals surface area (Å²) in [5, 5.41) is 2.33. The van der Waals surface area contributed by atoms with Crippen LogP contribution in [0.25, 0.3) is 10.9 Å². The van der Waals surface area contributed by atoms with Gasteiger partial charge in [0.05, 0.1) is 10.0 Å². The van der Waals surface area contributed by atoms with Crippen LogP contribution < -0.4 is 0 Å². The average Bonchev–Trinajstić information content (AvgIpc) is 3.14. The zero-order valence-corrected chi connectivity index (χ0v) is 18.6. The lowest BCUT2D eigenvalue weighted by Crippen LogP contribution is -2.35. The molecule has 1 aliphatic rings. The van der Waals surface area contributed by atoms with Crippen LogP contribution in [0.15, 0.2) is 72.9 Å². The lowest BCUT2D eigenvalue weighted by Gasteiger charge is -2.30. The molecule has 0 bridgehead atoms. The first-order chi connectivity index (χ1) is 14.6. The largest absolute Gasteiger partial charge is 0.358 e. The molecule has 5 heteroatoms. The molecule has 0 N–H and O–H groups in total. The Balaban J connectivity index is 1.49. The van der Waals surface area contributed by atoms with Crippen LogP contribution in [0.3, 0.4) is 0 Å². The molecule has 3 aromatic carbocycles. The molecule has 5 rings (SSSR count). The lowest BCUT2D eigenvalue weighted by molar-refractivity contribution is 0.401. The van der Waals surface area contributed by atoms with Gasteiger partial charge in [-0.2, -0.15) is 0 Å². The standard InChI is InChI=1S/C25H20Cl2N2S/c26-22-10-9-17(13-23(22)27)14-29-16-21(20-7-3-4-8-24(20)29)25(30)28-12-11-18-5-1-2-6-19(18)15-28/h1-10,13,16H,11-12,14-15H2. The number of hydrogen-bond donors (Lipinski definition) is 0. The van der Waals surface area contributed by atoms with Crippen molar-refractivity contribution in [3.63, 3.8) is 0 Å². The van der Waals surface area contributed by atoms with Gasteiger partial charge in [0.25, 0.3) is 0 Å². The summed E-state index contributed by atoms with van der Waals surface area (Å²) in [5.41, 5.74) is 6.18. The van der Waals surface area contributed by atoms with E-state index in [-0.39, 0.29) is 0 Å². The maximum absolute atomic E-state index is 6.23. The summed E-state index contributed by atoms with van der Waals surface area (Å²) in [5.74, 6) is 0. The van der Waals surface area contributed by atoms with E-state index >= 15 is 0 Å². The quantitative estimate of drug-likeness (QED) is 0.319. The van der Waals surface area contributed by atoms with Crippen molar-refractivity contribution in [3.05, 3.63) is 105 Å². The monoisotopic (exact) mass is 450 g/mol. The van der Waals surface area contributed by atoms with Gasteiger partial charge >= 0.3 is 0 Å². The summed E-state index contributed by atoms with van der Waals surface area (Å²) in [4.78, 5) is 3.23. The molecule has 1 aromatic heterocycles. The molecule has 0 aliphatic carbocycles. The molecule has 0 fully saturated rings. The number of halogens is 2. The van der Waals surface area contributed by atoms with Crippen LogP contribution in [-0.2, 0) is 19.5 Å². The molecule has 2 nitrogen and oxygen atoms in total. The summed E-state index contributed by atoms with van der Waals surface area (Å²) in [6.45, 7) is 2.52. The van der Waals surface area contributed by atoms with Crippen LogP contribution in [0.5, 0.6) is 0 Å². The van der Waals surface area contributed by atoms with E-state index in [0.29, 0.717) is 16.6 Å². The highest BCUT2D eigenvalue weighted by atomic mass is 35.5. The molecule has 0 spiro atoms. The topological polar surface area (TPSA) is 8.17 Å². The summed E-state index contributed by atoms with van der Waals surface area (Å²) in [6, 6.07) is 22.9. The van der Waals surface area contributed by atoms with E-state index in [1.165, 1.54) is 22.0 Å². The number of rotatable bonds is 3. The van der Waals surface area contributed by atoms with Gasteiger partial charge in [0.2, 0.25) is 0 Å². The minimum Gasteiger partial charge on any atom is -0.358 e. The molecule has 0 saturated carbocycles. The predicted octanol–water partition coefficient (Wildman–Crippen LogP) is 6.73. The Bertz CT molecular complexity index is 1260. The fourth-order valence-corrected chi connectivity index (χ4v) is 4.86. The third-order valence-corrected chi connectivity index (χ3v) is 6.99. The van der Waals surface area contributed by atoms with E-state index < -0.39 is 0 Å². The van der Waals surface area contributed by atoms with Crippen molar-refractivity contribution in [1.82, 2.24) is 9.47 Å². The summed E-state index contributed by atoms with van der Waals surface area (Å²) >= 11 is 18.3. The second-order valence-corrected chi connectivity index (χ2v) is 8.88. The van der Waals surface area contributed by atoms with Crippen LogP contribution >= 0.6 is 35.4 Å². The summed E-state index contributed by atoms with van der Waals surface area (Å²) in [6.07, 6.45) is 3.20. The third-order valence-electron chi connectivity index (χ3n) is 5.77. The molecule has 0 radical (unpaired) electrons. The van der Waals surface area contributed by atoms with Crippen LogP contribution in [0, 0.1) is 0 Å². The fourth-order valence-electron chi connectivity index (χ4n) is 4.22. The SMILES string of the molecule is S=C(c1cn(Cc2ccc(Cl)c(Cl)c2)c2ccccc12)N1CCc2ccccc2C1. The Morgan fingerprint density at radius 2 is 1.67 bits per heavy atom. The van der Waals surface area contributed by atoms with Gasteiger partial charge in [0.1, 0.15) is 4.99 Å². The summed E-state index contributed by atoms with van der Waals surface area (Å²) < 4.78 is 2.24. The Labute approximate surface area is 191 Å². The molecule has 0 amide bonds. The number of aromatic nitrogens is 1. The first-order valence-electron chi connectivity index (χ1n) is 9.98. The van der Waals surface area contributed by atoms with E-state index in [2.05, 4.69) is 64.2 Å². The highest BCUT2D eigenvalue weighted by molar-refractivity contribution is 7.80. The van der Waals surface area contributed by atoms with Gasteiger partial charge in [-0.25, -0.2) is 0 Å². The van der Waals surface area contributed by atoms with Gasteiger partial charge in [0.15, 0.2) is 0 Å². The molecular weight excluding hydrogens is 431 g/mol. The van der Waals surface area contributed by atoms with Gasteiger partial charge in [-0.15, -0.1) is 0 Å². The zero-order chi connectivity index (χ0) is 20.7. The molecule has 150 valence electrons. The Morgan fingerprint density at radius 3 is 2.50 bits per heavy atom. The predicted molar refractivity (Wildman–Crippen MR) is 130 cm³/mol. The fraction of sp³-hybridized carbons (Fsp3) is 0.160. The van der Waals surface area contributed by atoms with Gasteiger partial charge < -0.3 is 9.47 Å². The Morgan fingerprint density at radius 1 is 0.900 bits per heavy atom. The van der Waals surface area contributed by atoms with Crippen LogP contribution in [0.1, 0.15) is 22.3 Å². The van der Waals surface area contributed by atoms with E-state index in [1.54, 1.807) is 0 Å². The first kappa shape index (κ1) is 19.6. The molecule has 4 aromatic rings. The van der Waals surface area contributed by atoms with Gasteiger partial charge in [0, 0.05) is 42.3 Å². The zero-order valence-electron chi connectivity index (χ0n) is 16.3. The normalized spacial score (nSPS) is 13.5. The van der Waals surface area contributed by atoms with Gasteiger partial charge in [-0.3, -0.25) is 0 Å². The molecule has 2 heterocycles. The molecule has 0 saturated heterocycles. The van der Waals surface area contributed by atoms with E-state index in [1.807, 2.05) is 18.2 Å². The highest BCUT2D eigenvalue weighted by Gasteiger charge is 2.21. The Hall–Kier alpha value is -2.33. The minimum atomic E-state index is 0.574. The van der Waals surface area contributed by atoms with Crippen molar-refractivity contribution in [1.29, 1.82) is 0 Å². The number of benzene rings is 3. The van der Waals surface area contributed by atoms with Crippen LogP contribution in [0.4, 0.5) is 0 Å². The van der Waals surface area contributed by atoms with Crippen molar-refractivity contribution in [2.24, 2.45) is 0 Å². The molecule has 0 atom stereocenters. The molecule has 0 unspecified atom stereocenters. The third kappa shape index (κ3) is 3.62. The lowest BCUT2D eigenvalue weighted by atomic mass is 9.99. The van der Waals surface area contributed by atoms with Crippen LogP contribution in [-0.4, -0.2) is 21.0 Å². The Kier molecular flexibility index (Phi) is 5.28. The second kappa shape index (κ2) is 8.07. The van der Waals surface area contributed by atoms with Crippen molar-refractivity contribution in [3.8, 4) is 0 Å². The molecular formula is C25H20Cl2N2S. The van der Waals surface area contributed by atoms with E-state index in [9.17, 15) is 0 Å². The number of thiocarbonyl (C=S) groups is 1. The number of nitrogens with zero attached hydrogens (tertiary/aromatic N) is 2. The van der Waals surface area contributed by atoms with Crippen molar-refractivity contribution < 1.29 is 0 Å². The molecule has 1 aliphatic heterocycles. The maximum atomic E-state index is 6.23. The second-order valence-electron chi connectivity index (χ2n) is 7.68. The number of fused-ring (bicyclic) bond motifs is 2. The first-order valence-corrected chi connectivity index (χ1v) is 11.1. The average molecular weight is 451 g/mol. The highest BCUT2D eigenvalue weighted by Crippen LogP contribution is 2.28. The molecule has 30 heavy (non-hydrogen) atoms. The van der Waals surface area contributed by atoms with Crippen molar-refractivity contribution in [2.45, 2.75) is 19.5 Å². The van der Waals surface area contributed by atoms with Gasteiger partial charge in [-0.05, 0) is 41.3 Å². The number of hydrogen-bond acceptors (Lipinski definition) is 1. The number of para-hydroxylation sites is 1. The van der Waals surface area contributed by atoms with Crippen molar-refractivity contribution in [2.75, 3.05) is 6.54 Å². The smallest absolute Gasteiger partial charge is 0.111 e. The van der Waals surface area contributed by atoms with Crippen molar-refractivity contribution >= 4 is 51.3 Å². The van der Waals surface area contributed by atoms with Crippen LogP contribution in [0.2, 0.25) is 10.0 Å². The van der Waals surface area contributed by atoms with Gasteiger partial charge in [-0.1, -0.05) is 84.0 Å². The minimum absolute atomic E-state index is 0.574. The van der Waals surface area contributed by atoms with E-state index in [4.69, 9.17) is 35.4 Å².